The number of nitrogens with one attached hydrogen (secondary N) is 3. The lowest BCUT2D eigenvalue weighted by molar-refractivity contribution is -0.137. The van der Waals surface area contributed by atoms with Crippen LogP contribution in [0.25, 0.3) is 0 Å². The summed E-state index contributed by atoms with van der Waals surface area (Å²) in [5.41, 5.74) is 1.17. The van der Waals surface area contributed by atoms with Gasteiger partial charge in [0.25, 0.3) is 0 Å². The van der Waals surface area contributed by atoms with Crippen LogP contribution in [0.1, 0.15) is 42.5 Å². The number of alkyl halides is 3. The number of aliphatic imine (C=N–C) groups is 1. The molecule has 1 heterocycles. The fourth-order valence-corrected chi connectivity index (χ4v) is 3.89. The maximum absolute atomic E-state index is 12.7. The Balaban J connectivity index is 1.58. The molecule has 1 unspecified atom stereocenters. The molecule has 2 aromatic rings. The van der Waals surface area contributed by atoms with Gasteiger partial charge in [-0.3, -0.25) is 4.99 Å². The van der Waals surface area contributed by atoms with Gasteiger partial charge in [-0.1, -0.05) is 42.5 Å². The first-order valence-electron chi connectivity index (χ1n) is 10.8. The molecule has 1 atom stereocenters. The molecule has 1 aliphatic rings. The van der Waals surface area contributed by atoms with Crippen LogP contribution in [-0.2, 0) is 17.5 Å². The lowest BCUT2D eigenvalue weighted by atomic mass is 9.88. The predicted octanol–water partition coefficient (Wildman–Crippen LogP) is 4.27. The summed E-state index contributed by atoms with van der Waals surface area (Å²) in [5.74, 6) is 0.602. The molecule has 3 N–H and O–H groups in total. The summed E-state index contributed by atoms with van der Waals surface area (Å²) in [6.07, 6.45) is -2.59. The molecule has 0 saturated carbocycles. The number of guanidine groups is 1. The van der Waals surface area contributed by atoms with Crippen molar-refractivity contribution in [3.05, 3.63) is 71.3 Å². The van der Waals surface area contributed by atoms with E-state index in [9.17, 15) is 13.2 Å². The predicted molar refractivity (Wildman–Crippen MR) is 120 cm³/mol. The number of hydrogen-bond donors (Lipinski definition) is 3. The molecule has 174 valence electrons. The van der Waals surface area contributed by atoms with Crippen LogP contribution in [-0.4, -0.2) is 38.3 Å². The highest BCUT2D eigenvalue weighted by atomic mass is 19.4. The second-order valence-corrected chi connectivity index (χ2v) is 8.14. The quantitative estimate of drug-likeness (QED) is 0.437. The van der Waals surface area contributed by atoms with Crippen molar-refractivity contribution in [2.75, 3.05) is 26.8 Å². The van der Waals surface area contributed by atoms with Crippen molar-refractivity contribution in [3.8, 4) is 0 Å². The Kier molecular flexibility index (Phi) is 8.15. The molecule has 32 heavy (non-hydrogen) atoms. The summed E-state index contributed by atoms with van der Waals surface area (Å²) in [7, 11) is 1.68. The molecule has 3 rings (SSSR count). The molecule has 0 radical (unpaired) electrons. The van der Waals surface area contributed by atoms with Gasteiger partial charge in [-0.15, -0.1) is 0 Å². The first-order valence-corrected chi connectivity index (χ1v) is 10.8. The Morgan fingerprint density at radius 2 is 1.69 bits per heavy atom. The fraction of sp³-hybridized carbons (Fsp3) is 0.458. The molecule has 0 bridgehead atoms. The first kappa shape index (κ1) is 24.1. The van der Waals surface area contributed by atoms with Crippen LogP contribution in [0, 0.1) is 0 Å². The van der Waals surface area contributed by atoms with Crippen molar-refractivity contribution >= 4 is 5.96 Å². The summed E-state index contributed by atoms with van der Waals surface area (Å²) in [6, 6.07) is 15.6. The van der Waals surface area contributed by atoms with Crippen LogP contribution < -0.4 is 16.0 Å². The van der Waals surface area contributed by atoms with Crippen LogP contribution >= 0.6 is 0 Å². The Morgan fingerprint density at radius 1 is 1.03 bits per heavy atom. The number of benzene rings is 2. The van der Waals surface area contributed by atoms with Crippen LogP contribution in [0.5, 0.6) is 0 Å². The highest BCUT2D eigenvalue weighted by Crippen LogP contribution is 2.29. The third-order valence-corrected chi connectivity index (χ3v) is 5.83. The minimum absolute atomic E-state index is 0.153. The molecular formula is C24H31F3N4O. The summed E-state index contributed by atoms with van der Waals surface area (Å²) < 4.78 is 43.8. The average Bonchev–Trinajstić information content (AvgIpc) is 2.80. The number of nitrogens with zero attached hydrogens (tertiary/aromatic N) is 1. The van der Waals surface area contributed by atoms with Crippen molar-refractivity contribution in [1.82, 2.24) is 16.0 Å². The highest BCUT2D eigenvalue weighted by Gasteiger charge is 2.34. The number of halogens is 3. The third kappa shape index (κ3) is 6.71. The van der Waals surface area contributed by atoms with Gasteiger partial charge in [0.1, 0.15) is 0 Å². The molecule has 1 aliphatic heterocycles. The largest absolute Gasteiger partial charge is 0.416 e. The van der Waals surface area contributed by atoms with Gasteiger partial charge in [-0.05, 0) is 43.0 Å². The fourth-order valence-electron chi connectivity index (χ4n) is 3.89. The second-order valence-electron chi connectivity index (χ2n) is 8.14. The van der Waals surface area contributed by atoms with Crippen molar-refractivity contribution in [3.63, 3.8) is 0 Å². The smallest absolute Gasteiger partial charge is 0.381 e. The zero-order valence-electron chi connectivity index (χ0n) is 18.5. The summed E-state index contributed by atoms with van der Waals surface area (Å²) >= 11 is 0. The van der Waals surface area contributed by atoms with E-state index in [0.29, 0.717) is 32.3 Å². The molecule has 1 fully saturated rings. The zero-order valence-corrected chi connectivity index (χ0v) is 18.5. The lowest BCUT2D eigenvalue weighted by Crippen LogP contribution is -2.58. The van der Waals surface area contributed by atoms with Crippen LogP contribution in [0.3, 0.4) is 0 Å². The maximum atomic E-state index is 12.7. The monoisotopic (exact) mass is 448 g/mol. The highest BCUT2D eigenvalue weighted by molar-refractivity contribution is 5.79. The summed E-state index contributed by atoms with van der Waals surface area (Å²) in [5, 5.41) is 10.4. The van der Waals surface area contributed by atoms with E-state index in [2.05, 4.69) is 40.0 Å². The molecule has 0 aliphatic carbocycles. The van der Waals surface area contributed by atoms with Gasteiger partial charge in [0.05, 0.1) is 5.56 Å². The van der Waals surface area contributed by atoms with Crippen molar-refractivity contribution in [1.29, 1.82) is 0 Å². The van der Waals surface area contributed by atoms with Gasteiger partial charge in [-0.25, -0.2) is 0 Å². The summed E-state index contributed by atoms with van der Waals surface area (Å²) in [4.78, 5) is 4.27. The molecule has 5 nitrogen and oxygen atoms in total. The maximum Gasteiger partial charge on any atom is 0.416 e. The molecule has 0 spiro atoms. The van der Waals surface area contributed by atoms with E-state index in [1.807, 2.05) is 18.2 Å². The number of rotatable bonds is 7. The van der Waals surface area contributed by atoms with E-state index in [1.165, 1.54) is 17.7 Å². The van der Waals surface area contributed by atoms with Crippen molar-refractivity contribution in [2.45, 2.75) is 44.1 Å². The summed E-state index contributed by atoms with van der Waals surface area (Å²) in [6.45, 7) is 4.56. The van der Waals surface area contributed by atoms with Crippen LogP contribution in [0.15, 0.2) is 59.6 Å². The molecule has 0 amide bonds. The van der Waals surface area contributed by atoms with E-state index in [-0.39, 0.29) is 11.6 Å². The third-order valence-electron chi connectivity index (χ3n) is 5.83. The Labute approximate surface area is 187 Å². The van der Waals surface area contributed by atoms with Gasteiger partial charge >= 0.3 is 6.18 Å². The molecule has 1 saturated heterocycles. The van der Waals surface area contributed by atoms with Gasteiger partial charge in [0.15, 0.2) is 5.96 Å². The topological polar surface area (TPSA) is 57.7 Å². The molecule has 8 heteroatoms. The molecule has 2 aromatic carbocycles. The van der Waals surface area contributed by atoms with E-state index in [0.717, 1.165) is 30.5 Å². The average molecular weight is 449 g/mol. The molecular weight excluding hydrogens is 417 g/mol. The number of hydrogen-bond acceptors (Lipinski definition) is 3. The Hall–Kier alpha value is -2.58. The van der Waals surface area contributed by atoms with E-state index < -0.39 is 11.7 Å². The Bertz CT molecular complexity index is 863. The van der Waals surface area contributed by atoms with E-state index in [4.69, 9.17) is 4.74 Å². The lowest BCUT2D eigenvalue weighted by Gasteiger charge is -2.41. The van der Waals surface area contributed by atoms with Gasteiger partial charge in [0.2, 0.25) is 0 Å². The van der Waals surface area contributed by atoms with E-state index in [1.54, 1.807) is 7.05 Å². The van der Waals surface area contributed by atoms with Crippen molar-refractivity contribution in [2.24, 2.45) is 4.99 Å². The SMILES string of the molecule is CN=C(NCc1ccc(C(F)(F)F)cc1)NCC1(NC(C)c2ccccc2)CCOCC1. The second kappa shape index (κ2) is 10.8. The van der Waals surface area contributed by atoms with Crippen LogP contribution in [0.4, 0.5) is 13.2 Å². The first-order chi connectivity index (χ1) is 15.3. The minimum Gasteiger partial charge on any atom is -0.381 e. The van der Waals surface area contributed by atoms with Crippen LogP contribution in [0.2, 0.25) is 0 Å². The minimum atomic E-state index is -4.33. The molecule has 0 aromatic heterocycles. The van der Waals surface area contributed by atoms with Gasteiger partial charge in [0, 0.05) is 44.9 Å². The van der Waals surface area contributed by atoms with Gasteiger partial charge in [-0.2, -0.15) is 13.2 Å². The van der Waals surface area contributed by atoms with E-state index >= 15 is 0 Å². The number of ether oxygens (including phenoxy) is 1. The van der Waals surface area contributed by atoms with Crippen molar-refractivity contribution < 1.29 is 17.9 Å². The standard InChI is InChI=1S/C24H31F3N4O/c1-18(20-6-4-3-5-7-20)31-23(12-14-32-15-13-23)17-30-22(28-2)29-16-19-8-10-21(11-9-19)24(25,26)27/h3-11,18,31H,12-17H2,1-2H3,(H2,28,29,30). The Morgan fingerprint density at radius 3 is 2.28 bits per heavy atom. The van der Waals surface area contributed by atoms with Gasteiger partial charge < -0.3 is 20.7 Å². The normalized spacial score (nSPS) is 17.6. The zero-order chi connectivity index (χ0) is 23.0.